The molecule has 1 atom stereocenters. The molecule has 2 bridgehead atoms. The van der Waals surface area contributed by atoms with Crippen LogP contribution < -0.4 is 10.1 Å². The highest BCUT2D eigenvalue weighted by Gasteiger charge is 2.50. The second-order valence-electron chi connectivity index (χ2n) is 8.06. The molecule has 1 saturated carbocycles. The summed E-state index contributed by atoms with van der Waals surface area (Å²) >= 11 is 6.37. The lowest BCUT2D eigenvalue weighted by Crippen LogP contribution is -2.62. The van der Waals surface area contributed by atoms with Gasteiger partial charge in [0, 0.05) is 12.1 Å². The number of amides is 1. The maximum absolute atomic E-state index is 13.4. The number of rotatable bonds is 5. The third-order valence-corrected chi connectivity index (χ3v) is 6.95. The lowest BCUT2D eigenvalue weighted by molar-refractivity contribution is -0.0404. The number of hydrogen-bond donors (Lipinski definition) is 1. The zero-order valence-electron chi connectivity index (χ0n) is 16.5. The molecule has 5 heteroatoms. The molecular formula is C23H27ClN2O2. The lowest BCUT2D eigenvalue weighted by atomic mass is 9.66. The summed E-state index contributed by atoms with van der Waals surface area (Å²) in [5.74, 6) is 1.09. The molecule has 3 aliphatic rings. The molecule has 1 aliphatic carbocycles. The summed E-state index contributed by atoms with van der Waals surface area (Å²) in [4.78, 5) is 15.8. The first kappa shape index (κ1) is 19.3. The van der Waals surface area contributed by atoms with Gasteiger partial charge in [-0.25, -0.2) is 0 Å². The minimum atomic E-state index is -0.188. The van der Waals surface area contributed by atoms with Gasteiger partial charge in [-0.3, -0.25) is 9.69 Å². The third kappa shape index (κ3) is 3.29. The number of likely N-dealkylation sites (N-methyl/N-ethyl adjacent to an activating group) is 1. The van der Waals surface area contributed by atoms with Gasteiger partial charge in [0.1, 0.15) is 5.75 Å². The Bertz CT molecular complexity index is 847. The highest BCUT2D eigenvalue weighted by Crippen LogP contribution is 2.49. The SMILES string of the molecule is COc1cccc(Cl)c1C(=O)N[C@H](c1ccccc1)C12CCC(CC1)CN2C. The first-order chi connectivity index (χ1) is 13.5. The summed E-state index contributed by atoms with van der Waals surface area (Å²) in [6.07, 6.45) is 4.62. The Kier molecular flexibility index (Phi) is 5.35. The molecule has 3 fully saturated rings. The van der Waals surface area contributed by atoms with Gasteiger partial charge < -0.3 is 10.1 Å². The highest BCUT2D eigenvalue weighted by atomic mass is 35.5. The highest BCUT2D eigenvalue weighted by molar-refractivity contribution is 6.34. The molecule has 1 amide bonds. The standard InChI is InChI=1S/C23H27ClN2O2/c1-26-15-16-11-13-23(26,14-12-16)21(17-7-4-3-5-8-17)25-22(27)20-18(24)9-6-10-19(20)28-2/h3-10,16,21H,11-15H2,1-2H3,(H,25,27)/t16?,21-,23?/m1/s1. The van der Waals surface area contributed by atoms with Crippen LogP contribution >= 0.6 is 11.6 Å². The van der Waals surface area contributed by atoms with Crippen molar-refractivity contribution in [2.45, 2.75) is 37.3 Å². The number of nitrogens with one attached hydrogen (secondary N) is 1. The Morgan fingerprint density at radius 2 is 1.89 bits per heavy atom. The van der Waals surface area contributed by atoms with Crippen molar-refractivity contribution in [2.75, 3.05) is 20.7 Å². The van der Waals surface area contributed by atoms with Gasteiger partial charge in [-0.2, -0.15) is 0 Å². The van der Waals surface area contributed by atoms with Crippen LogP contribution in [-0.4, -0.2) is 37.0 Å². The Morgan fingerprint density at radius 3 is 2.54 bits per heavy atom. The van der Waals surface area contributed by atoms with Crippen LogP contribution in [0.15, 0.2) is 48.5 Å². The van der Waals surface area contributed by atoms with Crippen molar-refractivity contribution >= 4 is 17.5 Å². The van der Waals surface area contributed by atoms with Crippen LogP contribution in [0, 0.1) is 5.92 Å². The number of carbonyl (C=O) groups excluding carboxylic acids is 1. The van der Waals surface area contributed by atoms with Crippen LogP contribution in [0.2, 0.25) is 5.02 Å². The zero-order valence-corrected chi connectivity index (χ0v) is 17.2. The smallest absolute Gasteiger partial charge is 0.257 e. The van der Waals surface area contributed by atoms with Crippen molar-refractivity contribution in [2.24, 2.45) is 5.92 Å². The number of halogens is 1. The second kappa shape index (κ2) is 7.76. The number of carbonyl (C=O) groups is 1. The second-order valence-corrected chi connectivity index (χ2v) is 8.47. The third-order valence-electron chi connectivity index (χ3n) is 6.63. The number of fused-ring (bicyclic) bond motifs is 3. The average Bonchev–Trinajstić information content (AvgIpc) is 2.73. The molecule has 28 heavy (non-hydrogen) atoms. The van der Waals surface area contributed by atoms with E-state index in [-0.39, 0.29) is 17.5 Å². The summed E-state index contributed by atoms with van der Waals surface area (Å²) in [5.41, 5.74) is 1.46. The summed E-state index contributed by atoms with van der Waals surface area (Å²) in [7, 11) is 3.76. The van der Waals surface area contributed by atoms with Crippen LogP contribution in [0.25, 0.3) is 0 Å². The van der Waals surface area contributed by atoms with Crippen LogP contribution in [0.1, 0.15) is 47.6 Å². The average molecular weight is 399 g/mol. The molecule has 1 N–H and O–H groups in total. The van der Waals surface area contributed by atoms with Gasteiger partial charge in [0.25, 0.3) is 5.91 Å². The summed E-state index contributed by atoms with van der Waals surface area (Å²) in [6, 6.07) is 15.5. The van der Waals surface area contributed by atoms with E-state index in [4.69, 9.17) is 16.3 Å². The van der Waals surface area contributed by atoms with Crippen molar-refractivity contribution in [3.8, 4) is 5.75 Å². The molecule has 5 rings (SSSR count). The van der Waals surface area contributed by atoms with E-state index < -0.39 is 0 Å². The Balaban J connectivity index is 1.73. The molecular weight excluding hydrogens is 372 g/mol. The first-order valence-corrected chi connectivity index (χ1v) is 10.3. The Labute approximate surface area is 171 Å². The number of benzene rings is 2. The fourth-order valence-electron chi connectivity index (χ4n) is 5.09. The number of piperidine rings is 2. The molecule has 0 radical (unpaired) electrons. The molecule has 0 spiro atoms. The molecule has 0 unspecified atom stereocenters. The van der Waals surface area contributed by atoms with Crippen LogP contribution in [0.3, 0.4) is 0 Å². The Hall–Kier alpha value is -2.04. The van der Waals surface area contributed by atoms with E-state index in [2.05, 4.69) is 29.4 Å². The maximum Gasteiger partial charge on any atom is 0.257 e. The maximum atomic E-state index is 13.4. The first-order valence-electron chi connectivity index (χ1n) is 9.95. The van der Waals surface area contributed by atoms with Gasteiger partial charge in [0.05, 0.1) is 23.7 Å². The van der Waals surface area contributed by atoms with Crippen molar-refractivity contribution < 1.29 is 9.53 Å². The fourth-order valence-corrected chi connectivity index (χ4v) is 5.34. The Morgan fingerprint density at radius 1 is 1.18 bits per heavy atom. The molecule has 2 saturated heterocycles. The van der Waals surface area contributed by atoms with Gasteiger partial charge in [-0.05, 0) is 56.3 Å². The van der Waals surface area contributed by atoms with E-state index in [1.165, 1.54) is 12.8 Å². The van der Waals surface area contributed by atoms with Crippen molar-refractivity contribution in [1.29, 1.82) is 0 Å². The van der Waals surface area contributed by atoms with E-state index >= 15 is 0 Å². The predicted molar refractivity (Wildman–Crippen MR) is 112 cm³/mol. The van der Waals surface area contributed by atoms with Gasteiger partial charge >= 0.3 is 0 Å². The topological polar surface area (TPSA) is 41.6 Å². The van der Waals surface area contributed by atoms with Crippen molar-refractivity contribution in [1.82, 2.24) is 10.2 Å². The van der Waals surface area contributed by atoms with Gasteiger partial charge in [-0.15, -0.1) is 0 Å². The number of methoxy groups -OCH3 is 1. The van der Waals surface area contributed by atoms with Crippen molar-refractivity contribution in [3.05, 3.63) is 64.7 Å². The molecule has 0 aromatic heterocycles. The number of hydrogen-bond acceptors (Lipinski definition) is 3. The van der Waals surface area contributed by atoms with E-state index in [0.29, 0.717) is 16.3 Å². The number of nitrogens with zero attached hydrogens (tertiary/aromatic N) is 1. The largest absolute Gasteiger partial charge is 0.496 e. The van der Waals surface area contributed by atoms with Crippen LogP contribution in [-0.2, 0) is 0 Å². The van der Waals surface area contributed by atoms with Gasteiger partial charge in [0.2, 0.25) is 0 Å². The summed E-state index contributed by atoms with van der Waals surface area (Å²) in [6.45, 7) is 1.09. The zero-order chi connectivity index (χ0) is 19.7. The van der Waals surface area contributed by atoms with Crippen LogP contribution in [0.4, 0.5) is 0 Å². The number of ether oxygens (including phenoxy) is 1. The fraction of sp³-hybridized carbons (Fsp3) is 0.435. The molecule has 2 heterocycles. The molecule has 148 valence electrons. The van der Waals surface area contributed by atoms with Crippen LogP contribution in [0.5, 0.6) is 5.75 Å². The van der Waals surface area contributed by atoms with Crippen molar-refractivity contribution in [3.63, 3.8) is 0 Å². The van der Waals surface area contributed by atoms with Gasteiger partial charge in [-0.1, -0.05) is 48.0 Å². The van der Waals surface area contributed by atoms with E-state index in [1.807, 2.05) is 18.2 Å². The molecule has 4 nitrogen and oxygen atoms in total. The van der Waals surface area contributed by atoms with E-state index in [0.717, 1.165) is 30.9 Å². The minimum absolute atomic E-state index is 0.0692. The monoisotopic (exact) mass is 398 g/mol. The summed E-state index contributed by atoms with van der Waals surface area (Å²) in [5, 5.41) is 3.74. The lowest BCUT2D eigenvalue weighted by Gasteiger charge is -2.57. The molecule has 2 aliphatic heterocycles. The van der Waals surface area contributed by atoms with E-state index in [9.17, 15) is 4.79 Å². The summed E-state index contributed by atoms with van der Waals surface area (Å²) < 4.78 is 5.40. The quantitative estimate of drug-likeness (QED) is 0.794. The predicted octanol–water partition coefficient (Wildman–Crippen LogP) is 4.69. The minimum Gasteiger partial charge on any atom is -0.496 e. The normalized spacial score (nSPS) is 25.3. The molecule has 2 aromatic rings. The van der Waals surface area contributed by atoms with E-state index in [1.54, 1.807) is 25.3 Å². The molecule has 2 aromatic carbocycles. The van der Waals surface area contributed by atoms with Gasteiger partial charge in [0.15, 0.2) is 0 Å².